The minimum absolute atomic E-state index is 0.515. The fraction of sp³-hybridized carbons (Fsp3) is 0.375. The Kier molecular flexibility index (Phi) is 5.22. The number of aryl methyl sites for hydroxylation is 3. The molecule has 0 aliphatic rings. The van der Waals surface area contributed by atoms with Crippen molar-refractivity contribution in [1.29, 1.82) is 0 Å². The molecular weight excluding hydrogens is 350 g/mol. The summed E-state index contributed by atoms with van der Waals surface area (Å²) in [4.78, 5) is 8.90. The third kappa shape index (κ3) is 3.74. The lowest BCUT2D eigenvalue weighted by molar-refractivity contribution is 0.833. The number of nitrogens with zero attached hydrogens (tertiary/aromatic N) is 2. The van der Waals surface area contributed by atoms with Crippen molar-refractivity contribution in [2.45, 2.75) is 40.5 Å². The number of halogens is 2. The summed E-state index contributed by atoms with van der Waals surface area (Å²) in [5.41, 5.74) is 4.25. The maximum Gasteiger partial charge on any atom is 0.138 e. The van der Waals surface area contributed by atoms with E-state index in [9.17, 15) is 0 Å². The van der Waals surface area contributed by atoms with Crippen LogP contribution in [0.15, 0.2) is 16.6 Å². The average molecular weight is 369 g/mol. The predicted octanol–water partition coefficient (Wildman–Crippen LogP) is 5.51. The predicted molar refractivity (Wildman–Crippen MR) is 92.7 cm³/mol. The molecule has 1 aromatic carbocycles. The highest BCUT2D eigenvalue weighted by atomic mass is 79.9. The van der Waals surface area contributed by atoms with Crippen molar-refractivity contribution in [3.05, 3.63) is 44.3 Å². The molecule has 21 heavy (non-hydrogen) atoms. The molecule has 0 fully saturated rings. The van der Waals surface area contributed by atoms with E-state index in [4.69, 9.17) is 11.6 Å². The topological polar surface area (TPSA) is 37.8 Å². The molecular formula is C16H19BrClN3. The monoisotopic (exact) mass is 367 g/mol. The number of hydrogen-bond acceptors (Lipinski definition) is 3. The number of benzene rings is 1. The molecule has 1 N–H and O–H groups in total. The van der Waals surface area contributed by atoms with E-state index in [1.165, 1.54) is 11.1 Å². The van der Waals surface area contributed by atoms with Crippen LogP contribution in [0.1, 0.15) is 35.9 Å². The van der Waals surface area contributed by atoms with Crippen molar-refractivity contribution in [2.75, 3.05) is 5.32 Å². The van der Waals surface area contributed by atoms with E-state index >= 15 is 0 Å². The van der Waals surface area contributed by atoms with Gasteiger partial charge < -0.3 is 5.32 Å². The molecule has 1 heterocycles. The van der Waals surface area contributed by atoms with E-state index in [2.05, 4.69) is 64.1 Å². The van der Waals surface area contributed by atoms with Crippen LogP contribution < -0.4 is 5.32 Å². The Morgan fingerprint density at radius 3 is 2.33 bits per heavy atom. The number of aromatic nitrogens is 2. The lowest BCUT2D eigenvalue weighted by Crippen LogP contribution is -2.04. The summed E-state index contributed by atoms with van der Waals surface area (Å²) in [7, 11) is 0. The van der Waals surface area contributed by atoms with Crippen LogP contribution in [0.2, 0.25) is 5.15 Å². The molecule has 0 aliphatic carbocycles. The molecule has 1 aromatic heterocycles. The first kappa shape index (κ1) is 16.2. The first-order valence-electron chi connectivity index (χ1n) is 6.99. The number of nitrogens with one attached hydrogen (secondary N) is 1. The quantitative estimate of drug-likeness (QED) is 0.723. The van der Waals surface area contributed by atoms with Crippen molar-refractivity contribution >= 4 is 39.0 Å². The fourth-order valence-electron chi connectivity index (χ4n) is 2.14. The lowest BCUT2D eigenvalue weighted by atomic mass is 10.1. The van der Waals surface area contributed by atoms with Gasteiger partial charge >= 0.3 is 0 Å². The van der Waals surface area contributed by atoms with Crippen molar-refractivity contribution in [2.24, 2.45) is 0 Å². The first-order valence-corrected chi connectivity index (χ1v) is 8.16. The molecule has 3 nitrogen and oxygen atoms in total. The maximum atomic E-state index is 6.21. The summed E-state index contributed by atoms with van der Waals surface area (Å²) in [6.45, 7) is 8.18. The molecule has 0 bridgehead atoms. The second-order valence-corrected chi connectivity index (χ2v) is 6.35. The van der Waals surface area contributed by atoms with E-state index in [0.29, 0.717) is 5.15 Å². The Morgan fingerprint density at radius 1 is 1.14 bits per heavy atom. The van der Waals surface area contributed by atoms with Gasteiger partial charge in [-0.15, -0.1) is 0 Å². The van der Waals surface area contributed by atoms with Gasteiger partial charge in [0.25, 0.3) is 0 Å². The van der Waals surface area contributed by atoms with Gasteiger partial charge in [0.05, 0.1) is 0 Å². The second-order valence-electron chi connectivity index (χ2n) is 5.20. The Hall–Kier alpha value is -1.13. The molecule has 0 amide bonds. The normalized spacial score (nSPS) is 10.8. The Balaban J connectivity index is 2.39. The van der Waals surface area contributed by atoms with Crippen molar-refractivity contribution in [3.63, 3.8) is 0 Å². The van der Waals surface area contributed by atoms with E-state index in [1.807, 2.05) is 6.92 Å². The van der Waals surface area contributed by atoms with Gasteiger partial charge in [0, 0.05) is 22.1 Å². The van der Waals surface area contributed by atoms with Crippen LogP contribution >= 0.6 is 27.5 Å². The van der Waals surface area contributed by atoms with Crippen molar-refractivity contribution < 1.29 is 0 Å². The summed E-state index contributed by atoms with van der Waals surface area (Å²) < 4.78 is 1.14. The molecule has 0 radical (unpaired) electrons. The van der Waals surface area contributed by atoms with Gasteiger partial charge in [-0.05, 0) is 50.5 Å². The van der Waals surface area contributed by atoms with Crippen LogP contribution in [0, 0.1) is 20.8 Å². The highest BCUT2D eigenvalue weighted by Gasteiger charge is 2.10. The molecule has 2 rings (SSSR count). The first-order chi connectivity index (χ1) is 9.92. The summed E-state index contributed by atoms with van der Waals surface area (Å²) in [5.74, 6) is 1.56. The zero-order valence-corrected chi connectivity index (χ0v) is 15.1. The van der Waals surface area contributed by atoms with Crippen LogP contribution in [-0.4, -0.2) is 9.97 Å². The lowest BCUT2D eigenvalue weighted by Gasteiger charge is -2.13. The van der Waals surface area contributed by atoms with Gasteiger partial charge in [-0.25, -0.2) is 9.97 Å². The Labute approximate surface area is 139 Å². The highest BCUT2D eigenvalue weighted by Crippen LogP contribution is 2.28. The molecule has 0 spiro atoms. The van der Waals surface area contributed by atoms with E-state index in [1.54, 1.807) is 0 Å². The molecule has 0 atom stereocenters. The summed E-state index contributed by atoms with van der Waals surface area (Å²) in [6, 6.07) is 4.18. The average Bonchev–Trinajstić information content (AvgIpc) is 2.42. The SMILES string of the molecule is CCCc1nc(Cl)c(C)c(Nc2cc(C)c(Br)c(C)c2)n1. The molecule has 0 saturated carbocycles. The van der Waals surface area contributed by atoms with Crippen LogP contribution in [0.4, 0.5) is 11.5 Å². The van der Waals surface area contributed by atoms with Crippen LogP contribution in [-0.2, 0) is 6.42 Å². The zero-order chi connectivity index (χ0) is 15.6. The molecule has 0 aliphatic heterocycles. The fourth-order valence-corrected chi connectivity index (χ4v) is 2.56. The molecule has 0 unspecified atom stereocenters. The third-order valence-corrected chi connectivity index (χ3v) is 4.92. The number of anilines is 2. The number of rotatable bonds is 4. The largest absolute Gasteiger partial charge is 0.340 e. The van der Waals surface area contributed by atoms with Crippen molar-refractivity contribution in [1.82, 2.24) is 9.97 Å². The third-order valence-electron chi connectivity index (χ3n) is 3.31. The Bertz CT molecular complexity index is 648. The summed E-state index contributed by atoms with van der Waals surface area (Å²) in [6.07, 6.45) is 1.82. The van der Waals surface area contributed by atoms with Gasteiger partial charge in [-0.2, -0.15) is 0 Å². The smallest absolute Gasteiger partial charge is 0.138 e. The standard InChI is InChI=1S/C16H19BrClN3/c1-5-6-13-20-15(18)11(4)16(21-13)19-12-7-9(2)14(17)10(3)8-12/h7-8H,5-6H2,1-4H3,(H,19,20,21). The number of hydrogen-bond donors (Lipinski definition) is 1. The maximum absolute atomic E-state index is 6.21. The molecule has 112 valence electrons. The van der Waals surface area contributed by atoms with Gasteiger partial charge in [-0.3, -0.25) is 0 Å². The van der Waals surface area contributed by atoms with Gasteiger partial charge in [0.15, 0.2) is 0 Å². The van der Waals surface area contributed by atoms with E-state index < -0.39 is 0 Å². The van der Waals surface area contributed by atoms with Gasteiger partial charge in [-0.1, -0.05) is 34.5 Å². The van der Waals surface area contributed by atoms with Crippen LogP contribution in [0.25, 0.3) is 0 Å². The summed E-state index contributed by atoms with van der Waals surface area (Å²) >= 11 is 9.79. The molecule has 5 heteroatoms. The van der Waals surface area contributed by atoms with Crippen LogP contribution in [0.3, 0.4) is 0 Å². The molecule has 0 saturated heterocycles. The van der Waals surface area contributed by atoms with Gasteiger partial charge in [0.2, 0.25) is 0 Å². The minimum Gasteiger partial charge on any atom is -0.340 e. The van der Waals surface area contributed by atoms with E-state index in [0.717, 1.165) is 40.2 Å². The minimum atomic E-state index is 0.515. The zero-order valence-electron chi connectivity index (χ0n) is 12.7. The second kappa shape index (κ2) is 6.75. The van der Waals surface area contributed by atoms with E-state index in [-0.39, 0.29) is 0 Å². The summed E-state index contributed by atoms with van der Waals surface area (Å²) in [5, 5.41) is 3.88. The molecule has 2 aromatic rings. The van der Waals surface area contributed by atoms with Crippen molar-refractivity contribution in [3.8, 4) is 0 Å². The van der Waals surface area contributed by atoms with Gasteiger partial charge in [0.1, 0.15) is 16.8 Å². The highest BCUT2D eigenvalue weighted by molar-refractivity contribution is 9.10. The van der Waals surface area contributed by atoms with Crippen LogP contribution in [0.5, 0.6) is 0 Å². The Morgan fingerprint density at radius 2 is 1.76 bits per heavy atom.